The lowest BCUT2D eigenvalue weighted by Gasteiger charge is -2.42. The zero-order valence-corrected chi connectivity index (χ0v) is 14.8. The molecule has 5 nitrogen and oxygen atoms in total. The molecule has 130 valence electrons. The number of hydrogen-bond donors (Lipinski definition) is 1. The summed E-state index contributed by atoms with van der Waals surface area (Å²) in [6.07, 6.45) is 8.50. The molecule has 1 saturated carbocycles. The highest BCUT2D eigenvalue weighted by molar-refractivity contribution is 5.84. The summed E-state index contributed by atoms with van der Waals surface area (Å²) < 4.78 is 0. The second-order valence-electron chi connectivity index (χ2n) is 7.80. The van der Waals surface area contributed by atoms with Gasteiger partial charge < -0.3 is 15.1 Å². The van der Waals surface area contributed by atoms with E-state index in [9.17, 15) is 4.79 Å². The highest BCUT2D eigenvalue weighted by atomic mass is 16.2. The van der Waals surface area contributed by atoms with Gasteiger partial charge in [-0.3, -0.25) is 4.79 Å². The summed E-state index contributed by atoms with van der Waals surface area (Å²) in [6.45, 7) is 2.55. The molecular formula is C19H28N4O. The predicted octanol–water partition coefficient (Wildman–Crippen LogP) is 1.95. The van der Waals surface area contributed by atoms with Gasteiger partial charge in [-0.15, -0.1) is 0 Å². The molecule has 3 aliphatic rings. The first-order valence-electron chi connectivity index (χ1n) is 9.29. The van der Waals surface area contributed by atoms with Crippen LogP contribution in [0.15, 0.2) is 12.3 Å². The molecule has 2 aliphatic heterocycles. The van der Waals surface area contributed by atoms with Crippen LogP contribution < -0.4 is 10.2 Å². The van der Waals surface area contributed by atoms with Crippen molar-refractivity contribution in [2.75, 3.05) is 32.1 Å². The SMILES string of the molecule is CN(C)c1nccc2c1CN(C(=O)[C@@]13CCCC[C@@H]1NCC3)CC2. The summed E-state index contributed by atoms with van der Waals surface area (Å²) in [5, 5.41) is 3.60. The third-order valence-electron chi connectivity index (χ3n) is 6.26. The van der Waals surface area contributed by atoms with E-state index in [4.69, 9.17) is 0 Å². The van der Waals surface area contributed by atoms with Gasteiger partial charge in [0.25, 0.3) is 0 Å². The molecule has 4 rings (SSSR count). The Morgan fingerprint density at radius 2 is 2.25 bits per heavy atom. The second kappa shape index (κ2) is 6.03. The topological polar surface area (TPSA) is 48.5 Å². The number of nitrogens with one attached hydrogen (secondary N) is 1. The van der Waals surface area contributed by atoms with Crippen molar-refractivity contribution in [1.82, 2.24) is 15.2 Å². The Kier molecular flexibility index (Phi) is 3.99. The zero-order valence-electron chi connectivity index (χ0n) is 14.8. The van der Waals surface area contributed by atoms with Crippen molar-refractivity contribution in [3.8, 4) is 0 Å². The van der Waals surface area contributed by atoms with E-state index in [1.807, 2.05) is 20.3 Å². The van der Waals surface area contributed by atoms with E-state index in [1.165, 1.54) is 24.0 Å². The minimum absolute atomic E-state index is 0.143. The van der Waals surface area contributed by atoms with Crippen LogP contribution in [-0.2, 0) is 17.8 Å². The number of carbonyl (C=O) groups excluding carboxylic acids is 1. The van der Waals surface area contributed by atoms with Gasteiger partial charge in [-0.2, -0.15) is 0 Å². The summed E-state index contributed by atoms with van der Waals surface area (Å²) in [5.74, 6) is 1.39. The van der Waals surface area contributed by atoms with E-state index in [2.05, 4.69) is 26.2 Å². The fraction of sp³-hybridized carbons (Fsp3) is 0.684. The van der Waals surface area contributed by atoms with Gasteiger partial charge in [-0.05, 0) is 43.9 Å². The molecule has 2 atom stereocenters. The molecule has 1 N–H and O–H groups in total. The molecular weight excluding hydrogens is 300 g/mol. The van der Waals surface area contributed by atoms with Crippen LogP contribution in [0.2, 0.25) is 0 Å². The Hall–Kier alpha value is -1.62. The smallest absolute Gasteiger partial charge is 0.230 e. The molecule has 0 bridgehead atoms. The first-order valence-corrected chi connectivity index (χ1v) is 9.29. The van der Waals surface area contributed by atoms with Gasteiger partial charge in [0.1, 0.15) is 5.82 Å². The van der Waals surface area contributed by atoms with Crippen LogP contribution >= 0.6 is 0 Å². The maximum Gasteiger partial charge on any atom is 0.230 e. The Labute approximate surface area is 144 Å². The molecule has 0 unspecified atom stereocenters. The number of carbonyl (C=O) groups is 1. The van der Waals surface area contributed by atoms with Gasteiger partial charge in [-0.25, -0.2) is 4.98 Å². The highest BCUT2D eigenvalue weighted by Gasteiger charge is 2.51. The Bertz CT molecular complexity index is 644. The highest BCUT2D eigenvalue weighted by Crippen LogP contribution is 2.45. The summed E-state index contributed by atoms with van der Waals surface area (Å²) in [6, 6.07) is 2.51. The Morgan fingerprint density at radius 3 is 3.08 bits per heavy atom. The molecule has 0 aromatic carbocycles. The molecule has 1 aliphatic carbocycles. The number of aromatic nitrogens is 1. The van der Waals surface area contributed by atoms with Gasteiger partial charge in [-0.1, -0.05) is 12.8 Å². The van der Waals surface area contributed by atoms with E-state index in [-0.39, 0.29) is 5.41 Å². The minimum atomic E-state index is -0.143. The molecule has 1 aromatic rings. The van der Waals surface area contributed by atoms with E-state index in [0.717, 1.165) is 44.6 Å². The first kappa shape index (κ1) is 15.9. The van der Waals surface area contributed by atoms with E-state index in [0.29, 0.717) is 18.5 Å². The number of anilines is 1. The minimum Gasteiger partial charge on any atom is -0.362 e. The van der Waals surface area contributed by atoms with Crippen LogP contribution in [0.1, 0.15) is 43.2 Å². The zero-order chi connectivity index (χ0) is 16.7. The van der Waals surface area contributed by atoms with Crippen LogP contribution in [-0.4, -0.2) is 49.0 Å². The largest absolute Gasteiger partial charge is 0.362 e. The van der Waals surface area contributed by atoms with Gasteiger partial charge in [0.05, 0.1) is 5.41 Å². The lowest BCUT2D eigenvalue weighted by molar-refractivity contribution is -0.145. The molecule has 5 heteroatoms. The maximum absolute atomic E-state index is 13.5. The van der Waals surface area contributed by atoms with Crippen molar-refractivity contribution >= 4 is 11.7 Å². The number of rotatable bonds is 2. The Morgan fingerprint density at radius 1 is 1.38 bits per heavy atom. The van der Waals surface area contributed by atoms with Crippen molar-refractivity contribution in [2.45, 2.75) is 51.1 Å². The number of hydrogen-bond acceptors (Lipinski definition) is 4. The van der Waals surface area contributed by atoms with Gasteiger partial charge in [0, 0.05) is 45.0 Å². The molecule has 1 saturated heterocycles. The molecule has 1 aromatic heterocycles. The fourth-order valence-electron chi connectivity index (χ4n) is 4.99. The normalized spacial score (nSPS) is 29.1. The van der Waals surface area contributed by atoms with Crippen molar-refractivity contribution < 1.29 is 4.79 Å². The van der Waals surface area contributed by atoms with Crippen molar-refractivity contribution in [2.24, 2.45) is 5.41 Å². The van der Waals surface area contributed by atoms with Crippen molar-refractivity contribution in [1.29, 1.82) is 0 Å². The van der Waals surface area contributed by atoms with Crippen molar-refractivity contribution in [3.63, 3.8) is 0 Å². The van der Waals surface area contributed by atoms with Crippen molar-refractivity contribution in [3.05, 3.63) is 23.4 Å². The van der Waals surface area contributed by atoms with Crippen LogP contribution in [0.25, 0.3) is 0 Å². The molecule has 0 spiro atoms. The second-order valence-corrected chi connectivity index (χ2v) is 7.80. The molecule has 24 heavy (non-hydrogen) atoms. The van der Waals surface area contributed by atoms with Crippen LogP contribution in [0, 0.1) is 5.41 Å². The fourth-order valence-corrected chi connectivity index (χ4v) is 4.99. The van der Waals surface area contributed by atoms with Gasteiger partial charge in [0.15, 0.2) is 0 Å². The van der Waals surface area contributed by atoms with Crippen LogP contribution in [0.3, 0.4) is 0 Å². The predicted molar refractivity (Wildman–Crippen MR) is 95.0 cm³/mol. The first-order chi connectivity index (χ1) is 11.6. The number of nitrogens with zero attached hydrogens (tertiary/aromatic N) is 3. The summed E-state index contributed by atoms with van der Waals surface area (Å²) in [7, 11) is 4.06. The number of fused-ring (bicyclic) bond motifs is 2. The summed E-state index contributed by atoms with van der Waals surface area (Å²) in [5.41, 5.74) is 2.44. The Balaban J connectivity index is 1.61. The van der Waals surface area contributed by atoms with Crippen LogP contribution in [0.4, 0.5) is 5.82 Å². The monoisotopic (exact) mass is 328 g/mol. The molecule has 0 radical (unpaired) electrons. The lowest BCUT2D eigenvalue weighted by atomic mass is 9.69. The third-order valence-corrected chi connectivity index (χ3v) is 6.26. The van der Waals surface area contributed by atoms with Gasteiger partial charge >= 0.3 is 0 Å². The summed E-state index contributed by atoms with van der Waals surface area (Å²) in [4.78, 5) is 22.2. The van der Waals surface area contributed by atoms with E-state index >= 15 is 0 Å². The number of pyridine rings is 1. The molecule has 1 amide bonds. The number of amides is 1. The lowest BCUT2D eigenvalue weighted by Crippen LogP contribution is -2.52. The van der Waals surface area contributed by atoms with Gasteiger partial charge in [0.2, 0.25) is 5.91 Å². The van der Waals surface area contributed by atoms with E-state index < -0.39 is 0 Å². The average molecular weight is 328 g/mol. The van der Waals surface area contributed by atoms with E-state index in [1.54, 1.807) is 0 Å². The summed E-state index contributed by atoms with van der Waals surface area (Å²) >= 11 is 0. The van der Waals surface area contributed by atoms with Crippen LogP contribution in [0.5, 0.6) is 0 Å². The average Bonchev–Trinajstić information content (AvgIpc) is 3.05. The third kappa shape index (κ3) is 2.41. The molecule has 2 fully saturated rings. The molecule has 3 heterocycles. The maximum atomic E-state index is 13.5. The quantitative estimate of drug-likeness (QED) is 0.901. The standard InChI is InChI=1S/C19H28N4O/c1-22(2)17-15-13-23(12-7-14(15)6-10-21-17)18(24)19-8-4-3-5-16(19)20-11-9-19/h6,10,16,20H,3-5,7-9,11-13H2,1-2H3/t16-,19+/m0/s1.